The molecule has 0 saturated carbocycles. The average Bonchev–Trinajstić information content (AvgIpc) is 3.38. The van der Waals surface area contributed by atoms with Crippen LogP contribution < -0.4 is 9.80 Å². The molecule has 0 bridgehead atoms. The van der Waals surface area contributed by atoms with Gasteiger partial charge in [-0.1, -0.05) is 18.2 Å². The Bertz CT molecular complexity index is 948. The van der Waals surface area contributed by atoms with E-state index in [1.165, 1.54) is 4.68 Å². The van der Waals surface area contributed by atoms with E-state index in [0.29, 0.717) is 0 Å². The molecule has 3 aromatic rings. The van der Waals surface area contributed by atoms with Crippen molar-refractivity contribution in [1.82, 2.24) is 19.7 Å². The van der Waals surface area contributed by atoms with Crippen LogP contribution in [0.25, 0.3) is 5.82 Å². The van der Waals surface area contributed by atoms with Crippen LogP contribution in [-0.4, -0.2) is 39.9 Å². The zero-order valence-corrected chi connectivity index (χ0v) is 15.3. The summed E-state index contributed by atoms with van der Waals surface area (Å²) in [7, 11) is 1.71. The van der Waals surface area contributed by atoms with Gasteiger partial charge in [-0.05, 0) is 25.0 Å². The second kappa shape index (κ2) is 7.14. The van der Waals surface area contributed by atoms with Crippen LogP contribution in [0.2, 0.25) is 0 Å². The minimum atomic E-state index is -4.58. The molecule has 1 fully saturated rings. The summed E-state index contributed by atoms with van der Waals surface area (Å²) in [6.45, 7) is 1.76. The van der Waals surface area contributed by atoms with Crippen molar-refractivity contribution < 1.29 is 13.2 Å². The Kier molecular flexibility index (Phi) is 4.66. The predicted octanol–water partition coefficient (Wildman–Crippen LogP) is 4.05. The number of anilines is 3. The van der Waals surface area contributed by atoms with Crippen LogP contribution >= 0.6 is 0 Å². The molecule has 3 heterocycles. The number of alkyl halides is 3. The van der Waals surface area contributed by atoms with E-state index in [-0.39, 0.29) is 11.8 Å². The van der Waals surface area contributed by atoms with Crippen LogP contribution in [0, 0.1) is 0 Å². The summed E-state index contributed by atoms with van der Waals surface area (Å²) in [5, 5.41) is 4.14. The summed E-state index contributed by atoms with van der Waals surface area (Å²) in [4.78, 5) is 11.9. The number of hydrogen-bond acceptors (Lipinski definition) is 5. The molecule has 0 N–H and O–H groups in total. The van der Waals surface area contributed by atoms with E-state index < -0.39 is 11.7 Å². The van der Waals surface area contributed by atoms with Gasteiger partial charge in [-0.25, -0.2) is 9.67 Å². The van der Waals surface area contributed by atoms with Crippen LogP contribution in [0.4, 0.5) is 30.5 Å². The van der Waals surface area contributed by atoms with E-state index in [2.05, 4.69) is 20.0 Å². The van der Waals surface area contributed by atoms with Crippen LogP contribution in [0.3, 0.4) is 0 Å². The Morgan fingerprint density at radius 2 is 1.75 bits per heavy atom. The summed E-state index contributed by atoms with van der Waals surface area (Å²) in [6, 6.07) is 9.21. The molecule has 28 heavy (non-hydrogen) atoms. The van der Waals surface area contributed by atoms with Crippen LogP contribution in [-0.2, 0) is 6.18 Å². The summed E-state index contributed by atoms with van der Waals surface area (Å²) >= 11 is 0. The van der Waals surface area contributed by atoms with Crippen molar-refractivity contribution in [3.8, 4) is 5.82 Å². The van der Waals surface area contributed by atoms with E-state index in [0.717, 1.165) is 43.5 Å². The molecule has 146 valence electrons. The highest BCUT2D eigenvalue weighted by Gasteiger charge is 2.36. The Hall–Kier alpha value is -3.10. The Balaban J connectivity index is 1.75. The molecule has 6 nitrogen and oxygen atoms in total. The smallest absolute Gasteiger partial charge is 0.369 e. The molecule has 4 rings (SSSR count). The minimum absolute atomic E-state index is 0.160. The normalized spacial score (nSPS) is 14.5. The standard InChI is InChI=1S/C19H19F3N6/c1-26(14-7-3-2-4-8-14)18-23-12-16(19(20,21)22)17(25-18)28-13-15(11-24-28)27-9-5-6-10-27/h2-4,7-8,11-13H,5-6,9-10H2,1H3. The predicted molar refractivity (Wildman–Crippen MR) is 100 cm³/mol. The molecule has 9 heteroatoms. The maximum Gasteiger partial charge on any atom is 0.421 e. The largest absolute Gasteiger partial charge is 0.421 e. The van der Waals surface area contributed by atoms with Gasteiger partial charge < -0.3 is 9.80 Å². The molecule has 2 aromatic heterocycles. The van der Waals surface area contributed by atoms with Crippen LogP contribution in [0.15, 0.2) is 48.9 Å². The number of hydrogen-bond donors (Lipinski definition) is 0. The van der Waals surface area contributed by atoms with Crippen molar-refractivity contribution >= 4 is 17.3 Å². The van der Waals surface area contributed by atoms with Gasteiger partial charge in [-0.2, -0.15) is 23.3 Å². The fourth-order valence-electron chi connectivity index (χ4n) is 3.23. The lowest BCUT2D eigenvalue weighted by atomic mass is 10.3. The number of para-hydroxylation sites is 1. The first-order valence-electron chi connectivity index (χ1n) is 8.96. The number of aromatic nitrogens is 4. The second-order valence-corrected chi connectivity index (χ2v) is 6.64. The highest BCUT2D eigenvalue weighted by Crippen LogP contribution is 2.34. The number of halogens is 3. The van der Waals surface area contributed by atoms with Gasteiger partial charge in [0.15, 0.2) is 5.82 Å². The van der Waals surface area contributed by atoms with E-state index in [1.54, 1.807) is 24.3 Å². The van der Waals surface area contributed by atoms with Crippen molar-refractivity contribution in [2.24, 2.45) is 0 Å². The Morgan fingerprint density at radius 1 is 1.04 bits per heavy atom. The topological polar surface area (TPSA) is 50.1 Å². The third-order valence-electron chi connectivity index (χ3n) is 4.76. The molecule has 0 aliphatic carbocycles. The molecule has 0 unspecified atom stereocenters. The van der Waals surface area contributed by atoms with E-state index in [9.17, 15) is 13.2 Å². The van der Waals surface area contributed by atoms with Gasteiger partial charge in [0.25, 0.3) is 0 Å². The third kappa shape index (κ3) is 3.51. The maximum absolute atomic E-state index is 13.6. The lowest BCUT2D eigenvalue weighted by molar-refractivity contribution is -0.138. The fraction of sp³-hybridized carbons (Fsp3) is 0.316. The lowest BCUT2D eigenvalue weighted by Gasteiger charge is -2.19. The maximum atomic E-state index is 13.6. The molecule has 1 saturated heterocycles. The fourth-order valence-corrected chi connectivity index (χ4v) is 3.23. The summed E-state index contributed by atoms with van der Waals surface area (Å²) in [6.07, 6.45) is 1.54. The van der Waals surface area contributed by atoms with Gasteiger partial charge >= 0.3 is 6.18 Å². The number of benzene rings is 1. The minimum Gasteiger partial charge on any atom is -0.369 e. The number of nitrogens with zero attached hydrogens (tertiary/aromatic N) is 6. The van der Waals surface area contributed by atoms with Gasteiger partial charge in [0.1, 0.15) is 5.56 Å². The van der Waals surface area contributed by atoms with Gasteiger partial charge in [0, 0.05) is 32.0 Å². The highest BCUT2D eigenvalue weighted by atomic mass is 19.4. The molecular weight excluding hydrogens is 369 g/mol. The molecule has 0 spiro atoms. The van der Waals surface area contributed by atoms with Gasteiger partial charge in [0.05, 0.1) is 18.1 Å². The average molecular weight is 388 g/mol. The Morgan fingerprint density at radius 3 is 2.43 bits per heavy atom. The molecule has 1 aromatic carbocycles. The van der Waals surface area contributed by atoms with Crippen molar-refractivity contribution in [2.75, 3.05) is 29.9 Å². The summed E-state index contributed by atoms with van der Waals surface area (Å²) in [5.41, 5.74) is 0.641. The molecule has 0 radical (unpaired) electrons. The zero-order valence-electron chi connectivity index (χ0n) is 15.3. The van der Waals surface area contributed by atoms with Crippen LogP contribution in [0.1, 0.15) is 18.4 Å². The molecule has 0 amide bonds. The highest BCUT2D eigenvalue weighted by molar-refractivity contribution is 5.57. The summed E-state index contributed by atoms with van der Waals surface area (Å²) in [5.74, 6) is -0.127. The first kappa shape index (κ1) is 18.3. The molecule has 1 aliphatic rings. The van der Waals surface area contributed by atoms with Crippen molar-refractivity contribution in [3.05, 3.63) is 54.5 Å². The summed E-state index contributed by atoms with van der Waals surface area (Å²) < 4.78 is 41.8. The number of rotatable bonds is 4. The van der Waals surface area contributed by atoms with Gasteiger partial charge in [-0.3, -0.25) is 0 Å². The molecular formula is C19H19F3N6. The van der Waals surface area contributed by atoms with Crippen molar-refractivity contribution in [1.29, 1.82) is 0 Å². The monoisotopic (exact) mass is 388 g/mol. The first-order valence-corrected chi connectivity index (χ1v) is 8.96. The van der Waals surface area contributed by atoms with Gasteiger partial charge in [-0.15, -0.1) is 0 Å². The second-order valence-electron chi connectivity index (χ2n) is 6.64. The van der Waals surface area contributed by atoms with Crippen LogP contribution in [0.5, 0.6) is 0 Å². The van der Waals surface area contributed by atoms with E-state index in [1.807, 2.05) is 30.3 Å². The Labute approximate surface area is 160 Å². The van der Waals surface area contributed by atoms with E-state index in [4.69, 9.17) is 0 Å². The van der Waals surface area contributed by atoms with E-state index >= 15 is 0 Å². The van der Waals surface area contributed by atoms with Gasteiger partial charge in [0.2, 0.25) is 5.95 Å². The third-order valence-corrected chi connectivity index (χ3v) is 4.76. The molecule has 0 atom stereocenters. The lowest BCUT2D eigenvalue weighted by Crippen LogP contribution is -2.19. The first-order chi connectivity index (χ1) is 13.4. The zero-order chi connectivity index (χ0) is 19.7. The van der Waals surface area contributed by atoms with Crippen molar-refractivity contribution in [3.63, 3.8) is 0 Å². The van der Waals surface area contributed by atoms with Crippen molar-refractivity contribution in [2.45, 2.75) is 19.0 Å². The molecule has 1 aliphatic heterocycles. The SMILES string of the molecule is CN(c1ccccc1)c1ncc(C(F)(F)F)c(-n2cc(N3CCCC3)cn2)n1. The quantitative estimate of drug-likeness (QED) is 0.675.